The van der Waals surface area contributed by atoms with E-state index >= 15 is 0 Å². The minimum Gasteiger partial charge on any atom is -0.462 e. The molecule has 2 heterocycles. The van der Waals surface area contributed by atoms with Crippen molar-refractivity contribution in [3.63, 3.8) is 0 Å². The first kappa shape index (κ1) is 25.9. The van der Waals surface area contributed by atoms with Crippen LogP contribution >= 0.6 is 0 Å². The van der Waals surface area contributed by atoms with Gasteiger partial charge >= 0.3 is 5.97 Å². The Hall–Kier alpha value is -4.13. The summed E-state index contributed by atoms with van der Waals surface area (Å²) in [6.07, 6.45) is 3.45. The van der Waals surface area contributed by atoms with Crippen molar-refractivity contribution in [3.05, 3.63) is 94.3 Å². The van der Waals surface area contributed by atoms with Crippen LogP contribution < -0.4 is 0 Å². The first-order valence-electron chi connectivity index (χ1n) is 12.7. The van der Waals surface area contributed by atoms with Crippen molar-refractivity contribution >= 4 is 23.9 Å². The van der Waals surface area contributed by atoms with Gasteiger partial charge in [0.25, 0.3) is 11.8 Å². The lowest BCUT2D eigenvalue weighted by molar-refractivity contribution is -0.148. The highest BCUT2D eigenvalue weighted by Crippen LogP contribution is 2.28. The lowest BCUT2D eigenvalue weighted by Gasteiger charge is -2.27. The van der Waals surface area contributed by atoms with E-state index in [-0.39, 0.29) is 23.4 Å². The number of amides is 2. The molecule has 2 aromatic carbocycles. The fourth-order valence-corrected chi connectivity index (χ4v) is 4.60. The molecule has 192 valence electrons. The number of ether oxygens (including phenoxy) is 1. The van der Waals surface area contributed by atoms with Crippen LogP contribution in [-0.4, -0.2) is 45.5 Å². The summed E-state index contributed by atoms with van der Waals surface area (Å²) in [4.78, 5) is 38.9. The number of hydrogen-bond acceptors (Lipinski definition) is 4. The summed E-state index contributed by atoms with van der Waals surface area (Å²) in [6, 6.07) is 18.9. The highest BCUT2D eigenvalue weighted by Gasteiger charge is 2.40. The molecule has 0 spiro atoms. The minimum absolute atomic E-state index is 0.171. The summed E-state index contributed by atoms with van der Waals surface area (Å²) < 4.78 is 7.12. The Morgan fingerprint density at radius 1 is 0.919 bits per heavy atom. The van der Waals surface area contributed by atoms with Crippen LogP contribution in [0.4, 0.5) is 0 Å². The highest BCUT2D eigenvalue weighted by molar-refractivity contribution is 6.25. The van der Waals surface area contributed by atoms with Gasteiger partial charge in [0.05, 0.1) is 18.7 Å². The lowest BCUT2D eigenvalue weighted by atomic mass is 10.1. The van der Waals surface area contributed by atoms with Crippen molar-refractivity contribution in [1.82, 2.24) is 14.6 Å². The smallest absolute Gasteiger partial charge is 0.338 e. The van der Waals surface area contributed by atoms with Gasteiger partial charge in [0.2, 0.25) is 0 Å². The average Bonchev–Trinajstić information content (AvgIpc) is 3.30. The third kappa shape index (κ3) is 5.35. The standard InChI is InChI=1S/C30H33N3O4/c1-5-7-17-31-28(34)27(29(35)32(31)20-23-11-9-8-10-12-23)19-25-18-21(3)33(22(25)4)26-15-13-24(14-16-26)30(36)37-6-2/h8-16,18-19H,5-7,17,20H2,1-4H3. The topological polar surface area (TPSA) is 71.9 Å². The van der Waals surface area contributed by atoms with Crippen LogP contribution in [0, 0.1) is 13.8 Å². The molecule has 7 nitrogen and oxygen atoms in total. The molecule has 0 aliphatic carbocycles. The Morgan fingerprint density at radius 2 is 1.59 bits per heavy atom. The summed E-state index contributed by atoms with van der Waals surface area (Å²) in [7, 11) is 0. The molecule has 37 heavy (non-hydrogen) atoms. The number of nitrogens with zero attached hydrogens (tertiary/aromatic N) is 3. The summed E-state index contributed by atoms with van der Waals surface area (Å²) in [6.45, 7) is 8.94. The number of esters is 1. The number of aromatic nitrogens is 1. The summed E-state index contributed by atoms with van der Waals surface area (Å²) in [5.41, 5.74) is 5.17. The van der Waals surface area contributed by atoms with E-state index in [2.05, 4.69) is 6.92 Å². The average molecular weight is 500 g/mol. The van der Waals surface area contributed by atoms with E-state index in [1.54, 1.807) is 35.2 Å². The van der Waals surface area contributed by atoms with Crippen molar-refractivity contribution in [2.45, 2.75) is 47.1 Å². The lowest BCUT2D eigenvalue weighted by Crippen LogP contribution is -2.40. The van der Waals surface area contributed by atoms with Crippen molar-refractivity contribution in [2.24, 2.45) is 0 Å². The van der Waals surface area contributed by atoms with E-state index in [1.807, 2.05) is 66.9 Å². The Labute approximate surface area is 217 Å². The van der Waals surface area contributed by atoms with Gasteiger partial charge in [-0.15, -0.1) is 0 Å². The molecular weight excluding hydrogens is 466 g/mol. The molecule has 0 unspecified atom stereocenters. The number of rotatable bonds is 9. The molecule has 0 bridgehead atoms. The van der Waals surface area contributed by atoms with E-state index in [9.17, 15) is 14.4 Å². The molecule has 0 saturated carbocycles. The maximum atomic E-state index is 13.5. The normalized spacial score (nSPS) is 14.6. The number of hydrogen-bond donors (Lipinski definition) is 0. The Morgan fingerprint density at radius 3 is 2.24 bits per heavy atom. The fraction of sp³-hybridized carbons (Fsp3) is 0.300. The third-order valence-electron chi connectivity index (χ3n) is 6.53. The molecule has 0 N–H and O–H groups in total. The number of carbonyl (C=O) groups is 3. The molecule has 1 aromatic heterocycles. The zero-order valence-corrected chi connectivity index (χ0v) is 21.9. The van der Waals surface area contributed by atoms with Gasteiger partial charge in [-0.05, 0) is 74.7 Å². The summed E-state index contributed by atoms with van der Waals surface area (Å²) >= 11 is 0. The van der Waals surface area contributed by atoms with Crippen LogP contribution in [0.25, 0.3) is 11.8 Å². The molecule has 1 fully saturated rings. The predicted molar refractivity (Wildman–Crippen MR) is 143 cm³/mol. The van der Waals surface area contributed by atoms with Gasteiger partial charge < -0.3 is 9.30 Å². The Balaban J connectivity index is 1.65. The largest absolute Gasteiger partial charge is 0.462 e. The van der Waals surface area contributed by atoms with Crippen LogP contribution in [-0.2, 0) is 20.9 Å². The SMILES string of the molecule is CCCCN1C(=O)C(=Cc2cc(C)n(-c3ccc(C(=O)OCC)cc3)c2C)C(=O)N1Cc1ccccc1. The summed E-state index contributed by atoms with van der Waals surface area (Å²) in [5.74, 6) is -0.905. The molecule has 0 atom stereocenters. The number of carbonyl (C=O) groups excluding carboxylic acids is 3. The monoisotopic (exact) mass is 499 g/mol. The van der Waals surface area contributed by atoms with Crippen molar-refractivity contribution in [1.29, 1.82) is 0 Å². The van der Waals surface area contributed by atoms with Crippen LogP contribution in [0.3, 0.4) is 0 Å². The van der Waals surface area contributed by atoms with Gasteiger partial charge in [-0.3, -0.25) is 9.59 Å². The second-order valence-electron chi connectivity index (χ2n) is 9.12. The van der Waals surface area contributed by atoms with Crippen LogP contribution in [0.2, 0.25) is 0 Å². The molecule has 2 amide bonds. The van der Waals surface area contributed by atoms with E-state index in [0.717, 1.165) is 41.0 Å². The first-order chi connectivity index (χ1) is 17.8. The van der Waals surface area contributed by atoms with Crippen molar-refractivity contribution in [2.75, 3.05) is 13.2 Å². The van der Waals surface area contributed by atoms with Gasteiger partial charge in [-0.25, -0.2) is 14.8 Å². The van der Waals surface area contributed by atoms with Gasteiger partial charge in [-0.1, -0.05) is 43.7 Å². The quantitative estimate of drug-likeness (QED) is 0.229. The molecule has 4 rings (SSSR count). The van der Waals surface area contributed by atoms with Crippen LogP contribution in [0.1, 0.15) is 59.6 Å². The fourth-order valence-electron chi connectivity index (χ4n) is 4.60. The number of aryl methyl sites for hydroxylation is 1. The minimum atomic E-state index is -0.355. The van der Waals surface area contributed by atoms with E-state index in [4.69, 9.17) is 4.74 Å². The molecule has 1 aliphatic rings. The highest BCUT2D eigenvalue weighted by atomic mass is 16.5. The zero-order chi connectivity index (χ0) is 26.5. The van der Waals surface area contributed by atoms with Gasteiger partial charge in [0.15, 0.2) is 0 Å². The maximum Gasteiger partial charge on any atom is 0.338 e. The van der Waals surface area contributed by atoms with Crippen molar-refractivity contribution in [3.8, 4) is 5.69 Å². The Kier molecular flexibility index (Phi) is 7.92. The predicted octanol–water partition coefficient (Wildman–Crippen LogP) is 5.24. The van der Waals surface area contributed by atoms with Crippen LogP contribution in [0.15, 0.2) is 66.2 Å². The maximum absolute atomic E-state index is 13.5. The summed E-state index contributed by atoms with van der Waals surface area (Å²) in [5, 5.41) is 3.14. The van der Waals surface area contributed by atoms with Gasteiger partial charge in [-0.2, -0.15) is 0 Å². The number of benzene rings is 2. The third-order valence-corrected chi connectivity index (χ3v) is 6.53. The Bertz CT molecular complexity index is 1320. The molecule has 7 heteroatoms. The van der Waals surface area contributed by atoms with Crippen LogP contribution in [0.5, 0.6) is 0 Å². The van der Waals surface area contributed by atoms with E-state index in [0.29, 0.717) is 25.3 Å². The molecule has 1 aliphatic heterocycles. The molecule has 3 aromatic rings. The van der Waals surface area contributed by atoms with Gasteiger partial charge in [0, 0.05) is 23.6 Å². The number of hydrazine groups is 1. The second kappa shape index (κ2) is 11.3. The first-order valence-corrected chi connectivity index (χ1v) is 12.7. The van der Waals surface area contributed by atoms with Gasteiger partial charge in [0.1, 0.15) is 5.57 Å². The van der Waals surface area contributed by atoms with Crippen molar-refractivity contribution < 1.29 is 19.1 Å². The molecule has 0 radical (unpaired) electrons. The second-order valence-corrected chi connectivity index (χ2v) is 9.12. The van der Waals surface area contributed by atoms with E-state index < -0.39 is 0 Å². The number of unbranched alkanes of at least 4 members (excludes halogenated alkanes) is 1. The molecular formula is C30H33N3O4. The van der Waals surface area contributed by atoms with E-state index in [1.165, 1.54) is 0 Å². The molecule has 1 saturated heterocycles. The zero-order valence-electron chi connectivity index (χ0n) is 21.9.